The SMILES string of the molecule is COc1cc(/C=C/C(=O)O[C@@H]2[C@H](O)[C@@H](O[C@@H]3O[C@@H](O)[C@H](O)[C@@H](O)[C@H]3O)[C@H](Oc3c(-c4ccc(O)cc4)oc4cc(O)cc(O)c4c3=O)O[C@@H]2CO[C@@H]2O[C@@H](C)[C@H](O)[C@@H](O[C@@H]3OC[C@@H](O)[C@H](O)[C@H]3O)[C@H]2O)ccc1O. The van der Waals surface area contributed by atoms with Gasteiger partial charge in [-0.25, -0.2) is 4.79 Å². The Kier molecular flexibility index (Phi) is 16.6. The lowest BCUT2D eigenvalue weighted by Crippen LogP contribution is -2.66. The van der Waals surface area contributed by atoms with Crippen molar-refractivity contribution >= 4 is 23.0 Å². The summed E-state index contributed by atoms with van der Waals surface area (Å²) < 4.78 is 63.2. The molecule has 0 unspecified atom stereocenters. The number of phenolic OH excluding ortho intramolecular Hbond substituents is 4. The Morgan fingerprint density at radius 1 is 0.676 bits per heavy atom. The molecule has 0 saturated carbocycles. The van der Waals surface area contributed by atoms with E-state index in [1.165, 1.54) is 62.6 Å². The summed E-state index contributed by atoms with van der Waals surface area (Å²) in [5.41, 5.74) is -1.18. The molecule has 4 fully saturated rings. The van der Waals surface area contributed by atoms with E-state index >= 15 is 0 Å². The molecule has 4 saturated heterocycles. The summed E-state index contributed by atoms with van der Waals surface area (Å²) in [5.74, 6) is -4.18. The third-order valence-electron chi connectivity index (χ3n) is 12.6. The van der Waals surface area contributed by atoms with Gasteiger partial charge in [0.05, 0.1) is 26.4 Å². The van der Waals surface area contributed by atoms with E-state index in [-0.39, 0.29) is 28.4 Å². The molecule has 0 aliphatic carbocycles. The van der Waals surface area contributed by atoms with E-state index in [0.29, 0.717) is 5.56 Å². The molecule has 0 spiro atoms. The number of aromatic hydroxyl groups is 4. The predicted octanol–water partition coefficient (Wildman–Crippen LogP) is -3.17. The van der Waals surface area contributed by atoms with Gasteiger partial charge in [-0.3, -0.25) is 4.79 Å². The van der Waals surface area contributed by atoms with E-state index in [4.69, 9.17) is 51.8 Å². The van der Waals surface area contributed by atoms with Crippen molar-refractivity contribution in [2.45, 2.75) is 124 Å². The number of aliphatic hydroxyl groups excluding tert-OH is 10. The quantitative estimate of drug-likeness (QED) is 0.0438. The van der Waals surface area contributed by atoms with Crippen LogP contribution in [0.4, 0.5) is 0 Å². The van der Waals surface area contributed by atoms with E-state index in [9.17, 15) is 81.1 Å². The summed E-state index contributed by atoms with van der Waals surface area (Å²) >= 11 is 0. The molecular weight excluding hydrogens is 996 g/mol. The number of benzene rings is 3. The van der Waals surface area contributed by atoms with Crippen molar-refractivity contribution in [3.63, 3.8) is 0 Å². The van der Waals surface area contributed by atoms with Crippen LogP contribution in [0, 0.1) is 0 Å². The van der Waals surface area contributed by atoms with Crippen LogP contribution in [0.5, 0.6) is 34.5 Å². The van der Waals surface area contributed by atoms with Gasteiger partial charge < -0.3 is 123 Å². The van der Waals surface area contributed by atoms with Gasteiger partial charge >= 0.3 is 5.97 Å². The number of ether oxygens (including phenoxy) is 10. The third-order valence-corrected chi connectivity index (χ3v) is 12.6. The summed E-state index contributed by atoms with van der Waals surface area (Å²) in [4.78, 5) is 28.2. The van der Waals surface area contributed by atoms with Crippen LogP contribution in [-0.2, 0) is 42.7 Å². The highest BCUT2D eigenvalue weighted by Crippen LogP contribution is 2.40. The lowest BCUT2D eigenvalue weighted by Gasteiger charge is -2.47. The van der Waals surface area contributed by atoms with Crippen LogP contribution in [0.2, 0.25) is 0 Å². The molecule has 74 heavy (non-hydrogen) atoms. The van der Waals surface area contributed by atoms with Crippen molar-refractivity contribution in [3.8, 4) is 45.8 Å². The molecule has 5 heterocycles. The van der Waals surface area contributed by atoms with E-state index in [1.54, 1.807) is 0 Å². The van der Waals surface area contributed by atoms with Gasteiger partial charge in [-0.15, -0.1) is 0 Å². The molecule has 14 N–H and O–H groups in total. The lowest BCUT2D eigenvalue weighted by molar-refractivity contribution is -0.381. The summed E-state index contributed by atoms with van der Waals surface area (Å²) in [6.45, 7) is -0.0464. The molecule has 0 radical (unpaired) electrons. The molecule has 3 aromatic carbocycles. The minimum atomic E-state index is -2.28. The molecule has 27 heteroatoms. The summed E-state index contributed by atoms with van der Waals surface area (Å²) in [5, 5.41) is 149. The molecule has 0 amide bonds. The second kappa shape index (κ2) is 22.6. The minimum absolute atomic E-state index is 0.0257. The maximum Gasteiger partial charge on any atom is 0.331 e. The zero-order chi connectivity index (χ0) is 53.4. The maximum atomic E-state index is 14.5. The first-order valence-corrected chi connectivity index (χ1v) is 22.7. The number of fused-ring (bicyclic) bond motifs is 1. The van der Waals surface area contributed by atoms with Crippen molar-refractivity contribution in [1.82, 2.24) is 0 Å². The number of rotatable bonds is 14. The second-order valence-electron chi connectivity index (χ2n) is 17.6. The average Bonchev–Trinajstić information content (AvgIpc) is 3.36. The van der Waals surface area contributed by atoms with Crippen molar-refractivity contribution in [1.29, 1.82) is 0 Å². The highest BCUT2D eigenvalue weighted by atomic mass is 16.8. The molecular formula is C47H54O27. The first-order chi connectivity index (χ1) is 35.1. The Balaban J connectivity index is 1.18. The number of aliphatic hydroxyl groups is 10. The van der Waals surface area contributed by atoms with Gasteiger partial charge in [0.25, 0.3) is 0 Å². The molecule has 8 rings (SSSR count). The number of esters is 1. The van der Waals surface area contributed by atoms with Crippen LogP contribution in [0.15, 0.2) is 69.9 Å². The molecule has 1 aromatic heterocycles. The van der Waals surface area contributed by atoms with Crippen LogP contribution < -0.4 is 14.9 Å². The largest absolute Gasteiger partial charge is 0.508 e. The van der Waals surface area contributed by atoms with Gasteiger partial charge in [0.1, 0.15) is 95.4 Å². The number of carbonyl (C=O) groups excluding carboxylic acids is 1. The average molecular weight is 1050 g/mol. The number of hydrogen-bond donors (Lipinski definition) is 14. The monoisotopic (exact) mass is 1050 g/mol. The van der Waals surface area contributed by atoms with Gasteiger partial charge in [0.15, 0.2) is 54.6 Å². The van der Waals surface area contributed by atoms with Gasteiger partial charge in [-0.2, -0.15) is 0 Å². The maximum absolute atomic E-state index is 14.5. The van der Waals surface area contributed by atoms with Crippen LogP contribution in [0.25, 0.3) is 28.4 Å². The Labute approximate surface area is 416 Å². The Bertz CT molecular complexity index is 2680. The Hall–Kier alpha value is -5.80. The number of phenols is 4. The van der Waals surface area contributed by atoms with Crippen LogP contribution in [-0.4, -0.2) is 215 Å². The predicted molar refractivity (Wildman–Crippen MR) is 240 cm³/mol. The van der Waals surface area contributed by atoms with E-state index in [1.807, 2.05) is 0 Å². The number of methoxy groups -OCH3 is 1. The van der Waals surface area contributed by atoms with Crippen molar-refractivity contribution < 1.29 is 128 Å². The number of carbonyl (C=O) groups is 1. The fourth-order valence-corrected chi connectivity index (χ4v) is 8.48. The summed E-state index contributed by atoms with van der Waals surface area (Å²) in [6, 6.07) is 10.8. The van der Waals surface area contributed by atoms with Crippen molar-refractivity contribution in [3.05, 3.63) is 76.5 Å². The fraction of sp³-hybridized carbons (Fsp3) is 0.489. The summed E-state index contributed by atoms with van der Waals surface area (Å²) in [6.07, 6.45) is -34.3. The van der Waals surface area contributed by atoms with Gasteiger partial charge in [0, 0.05) is 23.8 Å². The zero-order valence-corrected chi connectivity index (χ0v) is 38.8. The molecule has 19 atom stereocenters. The molecule has 27 nitrogen and oxygen atoms in total. The minimum Gasteiger partial charge on any atom is -0.508 e. The second-order valence-corrected chi connectivity index (χ2v) is 17.6. The Morgan fingerprint density at radius 3 is 2.09 bits per heavy atom. The highest BCUT2D eigenvalue weighted by Gasteiger charge is 2.55. The number of hydrogen-bond acceptors (Lipinski definition) is 27. The van der Waals surface area contributed by atoms with E-state index in [2.05, 4.69) is 0 Å². The normalized spacial score (nSPS) is 35.6. The van der Waals surface area contributed by atoms with E-state index < -0.39 is 170 Å². The smallest absolute Gasteiger partial charge is 0.331 e. The topological polar surface area (TPSA) is 423 Å². The summed E-state index contributed by atoms with van der Waals surface area (Å²) in [7, 11) is 1.29. The van der Waals surface area contributed by atoms with Crippen LogP contribution >= 0.6 is 0 Å². The molecule has 4 aliphatic heterocycles. The fourth-order valence-electron chi connectivity index (χ4n) is 8.48. The van der Waals surface area contributed by atoms with E-state index in [0.717, 1.165) is 18.2 Å². The van der Waals surface area contributed by atoms with Crippen LogP contribution in [0.3, 0.4) is 0 Å². The molecule has 4 aliphatic rings. The van der Waals surface area contributed by atoms with Crippen molar-refractivity contribution in [2.24, 2.45) is 0 Å². The van der Waals surface area contributed by atoms with Gasteiger partial charge in [-0.05, 0) is 55.0 Å². The standard InChI is InChI=1S/C47H54O27/c1-16-29(54)40(71-44-34(59)30(55)23(52)14-65-44)37(62)45(67-16)66-15-26-39(70-27(53)10-4-17-3-9-21(50)24(11-17)64-2)36(61)42(73-46-35(60)32(57)33(58)43(63)74-46)47(69-26)72-41-31(56)28-22(51)12-20(49)13-25(28)68-38(41)18-5-7-19(48)8-6-18/h3-13,16,23,26,29-30,32-37,39-40,42-52,54-55,57-63H,14-15H2,1-2H3/b10-4+/t16-,23+,26+,29-,30-,32+,33+,34+,35+,36-,37+,39-,40+,42+,43+,44-,45+,46+,47-/m0/s1. The van der Waals surface area contributed by atoms with Crippen LogP contribution in [0.1, 0.15) is 12.5 Å². The Morgan fingerprint density at radius 2 is 1.38 bits per heavy atom. The van der Waals surface area contributed by atoms with Gasteiger partial charge in [0.2, 0.25) is 17.5 Å². The molecule has 4 aromatic rings. The van der Waals surface area contributed by atoms with Gasteiger partial charge in [-0.1, -0.05) is 6.07 Å². The highest BCUT2D eigenvalue weighted by molar-refractivity contribution is 5.88. The first-order valence-electron chi connectivity index (χ1n) is 22.7. The van der Waals surface area contributed by atoms with Crippen molar-refractivity contribution in [2.75, 3.05) is 20.3 Å². The zero-order valence-electron chi connectivity index (χ0n) is 38.8. The molecule has 404 valence electrons. The third kappa shape index (κ3) is 11.2. The first kappa shape index (κ1) is 54.5. The lowest BCUT2D eigenvalue weighted by atomic mass is 9.97. The molecule has 0 bridgehead atoms.